The number of para-hydroxylation sites is 2. The average Bonchev–Trinajstić information content (AvgIpc) is 2.42. The van der Waals surface area contributed by atoms with Crippen molar-refractivity contribution >= 4 is 27.1 Å². The molecule has 2 aromatic carbocycles. The summed E-state index contributed by atoms with van der Waals surface area (Å²) in [5, 5.41) is 5.14. The number of halogens is 1. The molecule has 0 aromatic heterocycles. The van der Waals surface area contributed by atoms with E-state index in [-0.39, 0.29) is 10.6 Å². The van der Waals surface area contributed by atoms with E-state index in [0.29, 0.717) is 17.9 Å². The van der Waals surface area contributed by atoms with E-state index in [9.17, 15) is 12.8 Å². The molecule has 4 N–H and O–H groups in total. The first kappa shape index (κ1) is 15.3. The number of nitrogens with zero attached hydrogens (tertiary/aromatic N) is 1. The van der Waals surface area contributed by atoms with Crippen molar-refractivity contribution in [3.8, 4) is 0 Å². The lowest BCUT2D eigenvalue weighted by Crippen LogP contribution is -2.21. The molecule has 0 fully saturated rings. The van der Waals surface area contributed by atoms with Crippen LogP contribution < -0.4 is 15.8 Å². The minimum Gasteiger partial charge on any atom is -0.396 e. The van der Waals surface area contributed by atoms with Crippen molar-refractivity contribution in [2.45, 2.75) is 11.8 Å². The molecular formula is C14H16FN3O2S. The number of hydrogen-bond acceptors (Lipinski definition) is 4. The summed E-state index contributed by atoms with van der Waals surface area (Å²) < 4.78 is 37.0. The first-order valence-corrected chi connectivity index (χ1v) is 7.84. The van der Waals surface area contributed by atoms with Gasteiger partial charge in [0.1, 0.15) is 10.7 Å². The number of primary sulfonamides is 1. The molecule has 0 spiro atoms. The Labute approximate surface area is 123 Å². The number of rotatable bonds is 4. The Bertz CT molecular complexity index is 763. The van der Waals surface area contributed by atoms with Gasteiger partial charge in [0.25, 0.3) is 0 Å². The van der Waals surface area contributed by atoms with Crippen LogP contribution in [-0.2, 0) is 10.0 Å². The maximum absolute atomic E-state index is 14.0. The highest BCUT2D eigenvalue weighted by Crippen LogP contribution is 2.34. The second-order valence-corrected chi connectivity index (χ2v) is 5.96. The molecule has 0 heterocycles. The molecule has 0 aliphatic heterocycles. The molecule has 0 bridgehead atoms. The van der Waals surface area contributed by atoms with Crippen LogP contribution in [0.5, 0.6) is 0 Å². The quantitative estimate of drug-likeness (QED) is 0.847. The van der Waals surface area contributed by atoms with Gasteiger partial charge in [0.15, 0.2) is 0 Å². The van der Waals surface area contributed by atoms with Crippen LogP contribution in [0.15, 0.2) is 47.4 Å². The van der Waals surface area contributed by atoms with Crippen molar-refractivity contribution in [3.05, 3.63) is 48.3 Å². The van der Waals surface area contributed by atoms with E-state index in [1.807, 2.05) is 6.92 Å². The van der Waals surface area contributed by atoms with Gasteiger partial charge in [-0.2, -0.15) is 0 Å². The number of nitrogen functional groups attached to an aromatic ring is 1. The van der Waals surface area contributed by atoms with E-state index in [1.54, 1.807) is 29.2 Å². The second-order valence-electron chi connectivity index (χ2n) is 4.43. The molecule has 0 amide bonds. The highest BCUT2D eigenvalue weighted by molar-refractivity contribution is 7.89. The van der Waals surface area contributed by atoms with E-state index >= 15 is 0 Å². The first-order chi connectivity index (χ1) is 9.86. The lowest BCUT2D eigenvalue weighted by atomic mass is 10.2. The van der Waals surface area contributed by atoms with Gasteiger partial charge in [0.2, 0.25) is 10.0 Å². The van der Waals surface area contributed by atoms with Crippen molar-refractivity contribution in [1.82, 2.24) is 0 Å². The molecule has 0 radical (unpaired) electrons. The smallest absolute Gasteiger partial charge is 0.240 e. The van der Waals surface area contributed by atoms with Crippen LogP contribution in [0.3, 0.4) is 0 Å². The fourth-order valence-corrected chi connectivity index (χ4v) is 2.84. The fraction of sp³-hybridized carbons (Fsp3) is 0.143. The number of anilines is 3. The van der Waals surface area contributed by atoms with Crippen LogP contribution >= 0.6 is 0 Å². The molecule has 0 aliphatic carbocycles. The van der Waals surface area contributed by atoms with Crippen molar-refractivity contribution in [3.63, 3.8) is 0 Å². The molecule has 2 rings (SSSR count). The standard InChI is InChI=1S/C14H16FN3O2S/c1-2-18(11-7-4-3-6-10(11)15)12-8-5-9-13(14(12)16)21(17,19)20/h3-9H,2,16H2,1H3,(H2,17,19,20). The van der Waals surface area contributed by atoms with Crippen LogP contribution in [0.1, 0.15) is 6.92 Å². The summed E-state index contributed by atoms with van der Waals surface area (Å²) in [5.41, 5.74) is 6.63. The van der Waals surface area contributed by atoms with Crippen LogP contribution in [0, 0.1) is 5.82 Å². The maximum Gasteiger partial charge on any atom is 0.240 e. The Balaban J connectivity index is 2.62. The molecule has 7 heteroatoms. The van der Waals surface area contributed by atoms with Gasteiger partial charge in [0.05, 0.1) is 17.1 Å². The van der Waals surface area contributed by atoms with E-state index in [4.69, 9.17) is 10.9 Å². The minimum atomic E-state index is -3.94. The third-order valence-electron chi connectivity index (χ3n) is 3.10. The van der Waals surface area contributed by atoms with E-state index in [2.05, 4.69) is 0 Å². The zero-order chi connectivity index (χ0) is 15.6. The van der Waals surface area contributed by atoms with E-state index < -0.39 is 15.8 Å². The molecule has 21 heavy (non-hydrogen) atoms. The van der Waals surface area contributed by atoms with Crippen LogP contribution in [0.2, 0.25) is 0 Å². The summed E-state index contributed by atoms with van der Waals surface area (Å²) in [6.07, 6.45) is 0. The van der Waals surface area contributed by atoms with Gasteiger partial charge in [-0.3, -0.25) is 0 Å². The largest absolute Gasteiger partial charge is 0.396 e. The number of hydrogen-bond donors (Lipinski definition) is 2. The fourth-order valence-electron chi connectivity index (χ4n) is 2.16. The van der Waals surface area contributed by atoms with Gasteiger partial charge in [0, 0.05) is 6.54 Å². The zero-order valence-corrected chi connectivity index (χ0v) is 12.3. The summed E-state index contributed by atoms with van der Waals surface area (Å²) >= 11 is 0. The third kappa shape index (κ3) is 2.98. The molecule has 112 valence electrons. The number of benzene rings is 2. The molecule has 0 aliphatic rings. The first-order valence-electron chi connectivity index (χ1n) is 6.29. The Hall–Kier alpha value is -2.12. The number of nitrogens with two attached hydrogens (primary N) is 2. The lowest BCUT2D eigenvalue weighted by molar-refractivity contribution is 0.598. The predicted octanol–water partition coefficient (Wildman–Crippen LogP) is 2.21. The molecule has 0 saturated heterocycles. The Kier molecular flexibility index (Phi) is 4.15. The van der Waals surface area contributed by atoms with Crippen molar-refractivity contribution in [1.29, 1.82) is 0 Å². The summed E-state index contributed by atoms with van der Waals surface area (Å²) in [6.45, 7) is 2.23. The summed E-state index contributed by atoms with van der Waals surface area (Å²) in [5.74, 6) is -0.417. The third-order valence-corrected chi connectivity index (χ3v) is 4.07. The molecule has 0 unspecified atom stereocenters. The van der Waals surface area contributed by atoms with Gasteiger partial charge in [-0.15, -0.1) is 0 Å². The topological polar surface area (TPSA) is 89.4 Å². The van der Waals surface area contributed by atoms with Crippen molar-refractivity contribution in [2.75, 3.05) is 17.2 Å². The SMILES string of the molecule is CCN(c1ccccc1F)c1cccc(S(N)(=O)=O)c1N. The zero-order valence-electron chi connectivity index (χ0n) is 11.5. The van der Waals surface area contributed by atoms with Crippen molar-refractivity contribution in [2.24, 2.45) is 5.14 Å². The number of sulfonamides is 1. The Morgan fingerprint density at radius 3 is 2.29 bits per heavy atom. The molecular weight excluding hydrogens is 293 g/mol. The van der Waals surface area contributed by atoms with Gasteiger partial charge >= 0.3 is 0 Å². The van der Waals surface area contributed by atoms with E-state index in [1.165, 1.54) is 18.2 Å². The van der Waals surface area contributed by atoms with Gasteiger partial charge in [-0.1, -0.05) is 18.2 Å². The lowest BCUT2D eigenvalue weighted by Gasteiger charge is -2.25. The Morgan fingerprint density at radius 1 is 1.10 bits per heavy atom. The summed E-state index contributed by atoms with van der Waals surface area (Å²) in [6, 6.07) is 10.7. The highest BCUT2D eigenvalue weighted by Gasteiger charge is 2.19. The summed E-state index contributed by atoms with van der Waals surface area (Å²) in [4.78, 5) is 1.43. The van der Waals surface area contributed by atoms with Gasteiger partial charge in [-0.25, -0.2) is 17.9 Å². The minimum absolute atomic E-state index is 0.00473. The average molecular weight is 309 g/mol. The van der Waals surface area contributed by atoms with E-state index in [0.717, 1.165) is 0 Å². The van der Waals surface area contributed by atoms with Crippen LogP contribution in [0.4, 0.5) is 21.5 Å². The monoisotopic (exact) mass is 309 g/mol. The predicted molar refractivity (Wildman–Crippen MR) is 81.3 cm³/mol. The maximum atomic E-state index is 14.0. The normalized spacial score (nSPS) is 11.4. The van der Waals surface area contributed by atoms with Crippen LogP contribution in [-0.4, -0.2) is 15.0 Å². The highest BCUT2D eigenvalue weighted by atomic mass is 32.2. The molecule has 2 aromatic rings. The van der Waals surface area contributed by atoms with Crippen LogP contribution in [0.25, 0.3) is 0 Å². The summed E-state index contributed by atoms with van der Waals surface area (Å²) in [7, 11) is -3.94. The van der Waals surface area contributed by atoms with Crippen molar-refractivity contribution < 1.29 is 12.8 Å². The molecule has 0 atom stereocenters. The molecule has 0 saturated carbocycles. The molecule has 5 nitrogen and oxygen atoms in total. The van der Waals surface area contributed by atoms with Gasteiger partial charge in [-0.05, 0) is 31.2 Å². The van der Waals surface area contributed by atoms with Gasteiger partial charge < -0.3 is 10.6 Å². The Morgan fingerprint density at radius 2 is 1.71 bits per heavy atom. The second kappa shape index (κ2) is 5.71.